The van der Waals surface area contributed by atoms with E-state index in [9.17, 15) is 19.7 Å². The molecule has 7 heteroatoms. The number of carbonyl (C=O) groups is 2. The second-order valence-electron chi connectivity index (χ2n) is 7.28. The fraction of sp³-hybridized carbons (Fsp3) is 0.120. The lowest BCUT2D eigenvalue weighted by molar-refractivity contribution is -0.384. The van der Waals surface area contributed by atoms with Crippen LogP contribution in [0.4, 0.5) is 5.69 Å². The van der Waals surface area contributed by atoms with Gasteiger partial charge in [-0.3, -0.25) is 24.6 Å². The van der Waals surface area contributed by atoms with Gasteiger partial charge in [-0.2, -0.15) is 0 Å². The third-order valence-corrected chi connectivity index (χ3v) is 6.33. The molecule has 1 heterocycles. The van der Waals surface area contributed by atoms with Crippen LogP contribution >= 0.6 is 11.8 Å². The lowest BCUT2D eigenvalue weighted by Gasteiger charge is -2.15. The Bertz CT molecular complexity index is 1180. The molecule has 4 rings (SSSR count). The molecule has 2 amide bonds. The average Bonchev–Trinajstić information content (AvgIpc) is 3.06. The Hall–Kier alpha value is -3.71. The summed E-state index contributed by atoms with van der Waals surface area (Å²) in [6, 6.07) is 25.2. The van der Waals surface area contributed by atoms with Crippen molar-refractivity contribution in [2.75, 3.05) is 6.54 Å². The van der Waals surface area contributed by atoms with Gasteiger partial charge in [-0.25, -0.2) is 0 Å². The highest BCUT2D eigenvalue weighted by Gasteiger charge is 2.39. The van der Waals surface area contributed by atoms with Gasteiger partial charge in [0, 0.05) is 24.4 Å². The second-order valence-corrected chi connectivity index (χ2v) is 8.27. The van der Waals surface area contributed by atoms with E-state index in [1.54, 1.807) is 0 Å². The quantitative estimate of drug-likeness (QED) is 0.282. The Morgan fingerprint density at radius 3 is 1.97 bits per heavy atom. The standard InChI is InChI=1S/C25H20N2O4S/c28-24-22(20-11-13-21(14-12-20)27(30)31)23(32-17-19-9-5-2-6-10-19)25(29)26(24)16-15-18-7-3-1-4-8-18/h1-14H,15-17H2. The summed E-state index contributed by atoms with van der Waals surface area (Å²) in [6.45, 7) is 0.271. The molecule has 0 N–H and O–H groups in total. The van der Waals surface area contributed by atoms with E-state index >= 15 is 0 Å². The zero-order valence-corrected chi connectivity index (χ0v) is 18.0. The van der Waals surface area contributed by atoms with Crippen LogP contribution in [0.3, 0.4) is 0 Å². The molecule has 160 valence electrons. The molecule has 0 spiro atoms. The molecular weight excluding hydrogens is 424 g/mol. The topological polar surface area (TPSA) is 80.5 Å². The van der Waals surface area contributed by atoms with E-state index in [1.807, 2.05) is 60.7 Å². The molecule has 3 aromatic carbocycles. The van der Waals surface area contributed by atoms with Crippen LogP contribution in [-0.4, -0.2) is 28.2 Å². The van der Waals surface area contributed by atoms with E-state index in [0.29, 0.717) is 28.2 Å². The van der Waals surface area contributed by atoms with Gasteiger partial charge in [-0.15, -0.1) is 11.8 Å². The molecule has 0 saturated heterocycles. The molecule has 0 atom stereocenters. The maximum atomic E-state index is 13.3. The van der Waals surface area contributed by atoms with Crippen LogP contribution in [0.2, 0.25) is 0 Å². The summed E-state index contributed by atoms with van der Waals surface area (Å²) < 4.78 is 0. The van der Waals surface area contributed by atoms with Crippen LogP contribution in [0.1, 0.15) is 16.7 Å². The molecule has 1 aliphatic heterocycles. The Balaban J connectivity index is 1.62. The largest absolute Gasteiger partial charge is 0.274 e. The van der Waals surface area contributed by atoms with Gasteiger partial charge in [0.2, 0.25) is 0 Å². The lowest BCUT2D eigenvalue weighted by atomic mass is 10.1. The minimum atomic E-state index is -0.489. The van der Waals surface area contributed by atoms with E-state index in [0.717, 1.165) is 11.1 Å². The van der Waals surface area contributed by atoms with Gasteiger partial charge in [-0.05, 0) is 35.2 Å². The first-order valence-electron chi connectivity index (χ1n) is 10.1. The van der Waals surface area contributed by atoms with Crippen LogP contribution in [0.5, 0.6) is 0 Å². The molecular formula is C25H20N2O4S. The number of carbonyl (C=O) groups excluding carboxylic acids is 2. The molecule has 0 aliphatic carbocycles. The fourth-order valence-corrected chi connectivity index (χ4v) is 4.60. The van der Waals surface area contributed by atoms with Crippen LogP contribution in [-0.2, 0) is 21.8 Å². The summed E-state index contributed by atoms with van der Waals surface area (Å²) in [6.07, 6.45) is 0.558. The molecule has 6 nitrogen and oxygen atoms in total. The van der Waals surface area contributed by atoms with Crippen molar-refractivity contribution in [3.63, 3.8) is 0 Å². The van der Waals surface area contributed by atoms with Crippen LogP contribution in [0, 0.1) is 10.1 Å². The van der Waals surface area contributed by atoms with Gasteiger partial charge in [0.1, 0.15) is 0 Å². The third kappa shape index (κ3) is 4.63. The number of nitrogens with zero attached hydrogens (tertiary/aromatic N) is 2. The van der Waals surface area contributed by atoms with E-state index in [-0.39, 0.29) is 24.0 Å². The summed E-state index contributed by atoms with van der Waals surface area (Å²) >= 11 is 1.32. The van der Waals surface area contributed by atoms with Crippen LogP contribution in [0.15, 0.2) is 89.8 Å². The Morgan fingerprint density at radius 2 is 1.38 bits per heavy atom. The van der Waals surface area contributed by atoms with Gasteiger partial charge in [0.25, 0.3) is 17.5 Å². The molecule has 0 bridgehead atoms. The number of rotatable bonds is 8. The van der Waals surface area contributed by atoms with Gasteiger partial charge in [-0.1, -0.05) is 60.7 Å². The van der Waals surface area contributed by atoms with Gasteiger partial charge in [0.15, 0.2) is 0 Å². The summed E-state index contributed by atoms with van der Waals surface area (Å²) in [5.74, 6) is -0.145. The van der Waals surface area contributed by atoms with Gasteiger partial charge < -0.3 is 0 Å². The summed E-state index contributed by atoms with van der Waals surface area (Å²) in [4.78, 5) is 38.7. The van der Waals surface area contributed by atoms with Crippen LogP contribution < -0.4 is 0 Å². The Morgan fingerprint density at radius 1 is 0.781 bits per heavy atom. The summed E-state index contributed by atoms with van der Waals surface area (Å²) in [7, 11) is 0. The fourth-order valence-electron chi connectivity index (χ4n) is 3.51. The second kappa shape index (κ2) is 9.62. The molecule has 1 aliphatic rings. The van der Waals surface area contributed by atoms with Crippen molar-refractivity contribution < 1.29 is 14.5 Å². The molecule has 0 fully saturated rings. The SMILES string of the molecule is O=C1C(SCc2ccccc2)=C(c2ccc([N+](=O)[O-])cc2)C(=O)N1CCc1ccccc1. The highest BCUT2D eigenvalue weighted by Crippen LogP contribution is 2.38. The molecule has 0 aromatic heterocycles. The van der Waals surface area contributed by atoms with E-state index < -0.39 is 4.92 Å². The third-order valence-electron chi connectivity index (χ3n) is 5.19. The zero-order chi connectivity index (χ0) is 22.5. The van der Waals surface area contributed by atoms with E-state index in [4.69, 9.17) is 0 Å². The smallest absolute Gasteiger partial charge is 0.269 e. The number of hydrogen-bond donors (Lipinski definition) is 0. The number of nitro benzene ring substituents is 1. The van der Waals surface area contributed by atoms with Crippen molar-refractivity contribution in [1.82, 2.24) is 4.90 Å². The Kier molecular flexibility index (Phi) is 6.47. The molecule has 0 saturated carbocycles. The highest BCUT2D eigenvalue weighted by atomic mass is 32.2. The number of non-ortho nitro benzene ring substituents is 1. The van der Waals surface area contributed by atoms with Crippen molar-refractivity contribution in [2.24, 2.45) is 0 Å². The normalized spacial score (nSPS) is 13.7. The number of benzene rings is 3. The molecule has 0 radical (unpaired) electrons. The number of imide groups is 1. The molecule has 0 unspecified atom stereocenters. The van der Waals surface area contributed by atoms with Crippen molar-refractivity contribution in [3.05, 3.63) is 117 Å². The monoisotopic (exact) mass is 444 g/mol. The zero-order valence-electron chi connectivity index (χ0n) is 17.1. The predicted molar refractivity (Wildman–Crippen MR) is 125 cm³/mol. The number of nitro groups is 1. The molecule has 3 aromatic rings. The van der Waals surface area contributed by atoms with Crippen LogP contribution in [0.25, 0.3) is 5.57 Å². The number of thioether (sulfide) groups is 1. The lowest BCUT2D eigenvalue weighted by Crippen LogP contribution is -2.33. The van der Waals surface area contributed by atoms with E-state index in [2.05, 4.69) is 0 Å². The maximum Gasteiger partial charge on any atom is 0.269 e. The average molecular weight is 445 g/mol. The van der Waals surface area contributed by atoms with E-state index in [1.165, 1.54) is 40.9 Å². The van der Waals surface area contributed by atoms with Crippen molar-refractivity contribution in [2.45, 2.75) is 12.2 Å². The maximum absolute atomic E-state index is 13.3. The first-order valence-corrected chi connectivity index (χ1v) is 11.1. The summed E-state index contributed by atoms with van der Waals surface area (Å²) in [5, 5.41) is 11.0. The van der Waals surface area contributed by atoms with Crippen molar-refractivity contribution >= 4 is 34.8 Å². The van der Waals surface area contributed by atoms with Crippen molar-refractivity contribution in [1.29, 1.82) is 0 Å². The summed E-state index contributed by atoms with van der Waals surface area (Å²) in [5.41, 5.74) is 2.82. The Labute approximate surface area is 189 Å². The minimum Gasteiger partial charge on any atom is -0.274 e. The highest BCUT2D eigenvalue weighted by molar-refractivity contribution is 8.03. The number of amides is 2. The minimum absolute atomic E-state index is 0.0643. The van der Waals surface area contributed by atoms with Crippen molar-refractivity contribution in [3.8, 4) is 0 Å². The molecule has 32 heavy (non-hydrogen) atoms. The predicted octanol–water partition coefficient (Wildman–Crippen LogP) is 4.85. The number of hydrogen-bond acceptors (Lipinski definition) is 5. The first kappa shape index (κ1) is 21.5. The first-order chi connectivity index (χ1) is 15.5. The van der Waals surface area contributed by atoms with Gasteiger partial charge in [0.05, 0.1) is 15.4 Å². The van der Waals surface area contributed by atoms with Gasteiger partial charge >= 0.3 is 0 Å².